The van der Waals surface area contributed by atoms with Crippen LogP contribution in [0.4, 0.5) is 4.39 Å². The number of hydrogen-bond donors (Lipinski definition) is 2. The predicted octanol–water partition coefficient (Wildman–Crippen LogP) is 1.73. The minimum absolute atomic E-state index is 0.0300. The Morgan fingerprint density at radius 2 is 2.13 bits per heavy atom. The van der Waals surface area contributed by atoms with Crippen LogP contribution in [0.5, 0.6) is 11.5 Å². The van der Waals surface area contributed by atoms with Crippen LogP contribution >= 0.6 is 0 Å². The average Bonchev–Trinajstić information content (AvgIpc) is 2.15. The summed E-state index contributed by atoms with van der Waals surface area (Å²) in [6.07, 6.45) is 0. The molecule has 2 N–H and O–H groups in total. The van der Waals surface area contributed by atoms with Crippen molar-refractivity contribution in [3.8, 4) is 11.5 Å². The van der Waals surface area contributed by atoms with E-state index >= 15 is 0 Å². The summed E-state index contributed by atoms with van der Waals surface area (Å²) in [6.45, 7) is 1.39. The smallest absolute Gasteiger partial charge is 0.310 e. The summed E-state index contributed by atoms with van der Waals surface area (Å²) in [5, 5.41) is 18.2. The molecule has 5 heteroatoms. The van der Waals surface area contributed by atoms with Gasteiger partial charge in [-0.05, 0) is 6.92 Å². The maximum Gasteiger partial charge on any atom is 0.310 e. The SMILES string of the molecule is COc1cc(F)cc(O)c1C(C)C(=O)O. The highest BCUT2D eigenvalue weighted by Gasteiger charge is 2.23. The number of hydrogen-bond acceptors (Lipinski definition) is 3. The van der Waals surface area contributed by atoms with Gasteiger partial charge in [0.05, 0.1) is 13.0 Å². The van der Waals surface area contributed by atoms with E-state index in [1.165, 1.54) is 14.0 Å². The van der Waals surface area contributed by atoms with Gasteiger partial charge in [-0.1, -0.05) is 0 Å². The Bertz CT molecular complexity index is 389. The molecule has 4 nitrogen and oxygen atoms in total. The maximum atomic E-state index is 12.9. The number of carboxylic acids is 1. The third-order valence-electron chi connectivity index (χ3n) is 2.11. The van der Waals surface area contributed by atoms with Crippen molar-refractivity contribution in [2.75, 3.05) is 7.11 Å². The van der Waals surface area contributed by atoms with Crippen LogP contribution < -0.4 is 4.74 Å². The van der Waals surface area contributed by atoms with E-state index in [4.69, 9.17) is 9.84 Å². The van der Waals surface area contributed by atoms with Crippen LogP contribution in [0.1, 0.15) is 18.4 Å². The van der Waals surface area contributed by atoms with Crippen molar-refractivity contribution < 1.29 is 24.1 Å². The van der Waals surface area contributed by atoms with Gasteiger partial charge in [0, 0.05) is 17.7 Å². The van der Waals surface area contributed by atoms with Crippen molar-refractivity contribution in [3.63, 3.8) is 0 Å². The van der Waals surface area contributed by atoms with E-state index in [-0.39, 0.29) is 11.3 Å². The molecule has 15 heavy (non-hydrogen) atoms. The van der Waals surface area contributed by atoms with Gasteiger partial charge in [-0.25, -0.2) is 4.39 Å². The van der Waals surface area contributed by atoms with Gasteiger partial charge in [0.1, 0.15) is 17.3 Å². The van der Waals surface area contributed by atoms with Crippen molar-refractivity contribution in [2.24, 2.45) is 0 Å². The van der Waals surface area contributed by atoms with Gasteiger partial charge in [-0.3, -0.25) is 4.79 Å². The number of benzene rings is 1. The number of phenols is 1. The zero-order valence-electron chi connectivity index (χ0n) is 8.32. The molecule has 0 radical (unpaired) electrons. The summed E-state index contributed by atoms with van der Waals surface area (Å²) in [5.41, 5.74) is 0.0754. The van der Waals surface area contributed by atoms with Crippen molar-refractivity contribution in [3.05, 3.63) is 23.5 Å². The number of methoxy groups -OCH3 is 1. The molecule has 0 heterocycles. The van der Waals surface area contributed by atoms with E-state index in [0.717, 1.165) is 12.1 Å². The number of carbonyl (C=O) groups is 1. The second-order valence-electron chi connectivity index (χ2n) is 3.10. The fourth-order valence-corrected chi connectivity index (χ4v) is 1.31. The molecule has 0 aliphatic rings. The highest BCUT2D eigenvalue weighted by molar-refractivity contribution is 5.78. The Kier molecular flexibility index (Phi) is 3.14. The molecule has 0 aromatic heterocycles. The number of carboxylic acid groups (broad SMARTS) is 1. The highest BCUT2D eigenvalue weighted by Crippen LogP contribution is 2.35. The molecule has 0 fully saturated rings. The summed E-state index contributed by atoms with van der Waals surface area (Å²) in [7, 11) is 1.28. The van der Waals surface area contributed by atoms with Gasteiger partial charge in [0.25, 0.3) is 0 Å². The fraction of sp³-hybridized carbons (Fsp3) is 0.300. The second kappa shape index (κ2) is 4.16. The van der Waals surface area contributed by atoms with Crippen LogP contribution in [0.3, 0.4) is 0 Å². The first kappa shape index (κ1) is 11.3. The number of aromatic hydroxyl groups is 1. The Morgan fingerprint density at radius 3 is 2.60 bits per heavy atom. The Labute approximate surface area is 85.9 Å². The van der Waals surface area contributed by atoms with E-state index in [2.05, 4.69) is 0 Å². The molecule has 0 aliphatic heterocycles. The molecule has 0 saturated carbocycles. The van der Waals surface area contributed by atoms with E-state index in [1.807, 2.05) is 0 Å². The lowest BCUT2D eigenvalue weighted by Gasteiger charge is -2.13. The van der Waals surface area contributed by atoms with E-state index in [9.17, 15) is 14.3 Å². The molecule has 0 spiro atoms. The molecule has 1 atom stereocenters. The minimum atomic E-state index is -1.12. The van der Waals surface area contributed by atoms with Crippen LogP contribution in [0.2, 0.25) is 0 Å². The molecule has 1 rings (SSSR count). The van der Waals surface area contributed by atoms with Crippen LogP contribution in [-0.2, 0) is 4.79 Å². The molecule has 1 aromatic rings. The van der Waals surface area contributed by atoms with Crippen LogP contribution in [-0.4, -0.2) is 23.3 Å². The molecule has 0 saturated heterocycles. The van der Waals surface area contributed by atoms with Crippen molar-refractivity contribution in [1.29, 1.82) is 0 Å². The van der Waals surface area contributed by atoms with Gasteiger partial charge in [-0.15, -0.1) is 0 Å². The summed E-state index contributed by atoms with van der Waals surface area (Å²) in [4.78, 5) is 10.7. The molecule has 0 aliphatic carbocycles. The van der Waals surface area contributed by atoms with Crippen molar-refractivity contribution >= 4 is 5.97 Å². The second-order valence-corrected chi connectivity index (χ2v) is 3.10. The Hall–Kier alpha value is -1.78. The fourth-order valence-electron chi connectivity index (χ4n) is 1.31. The van der Waals surface area contributed by atoms with E-state index in [0.29, 0.717) is 0 Å². The molecule has 82 valence electrons. The largest absolute Gasteiger partial charge is 0.507 e. The number of halogens is 1. The van der Waals surface area contributed by atoms with Gasteiger partial charge in [-0.2, -0.15) is 0 Å². The van der Waals surface area contributed by atoms with Crippen LogP contribution in [0.25, 0.3) is 0 Å². The minimum Gasteiger partial charge on any atom is -0.507 e. The first-order valence-corrected chi connectivity index (χ1v) is 4.26. The van der Waals surface area contributed by atoms with Crippen molar-refractivity contribution in [2.45, 2.75) is 12.8 Å². The standard InChI is InChI=1S/C10H11FO4/c1-5(10(13)14)9-7(12)3-6(11)4-8(9)15-2/h3-5,12H,1-2H3,(H,13,14). The van der Waals surface area contributed by atoms with Crippen molar-refractivity contribution in [1.82, 2.24) is 0 Å². The Morgan fingerprint density at radius 1 is 1.53 bits per heavy atom. The summed E-state index contributed by atoms with van der Waals surface area (Å²) >= 11 is 0. The monoisotopic (exact) mass is 214 g/mol. The first-order chi connectivity index (χ1) is 6.97. The zero-order valence-corrected chi connectivity index (χ0v) is 8.32. The summed E-state index contributed by atoms with van der Waals surface area (Å²) in [5.74, 6) is -3.13. The number of rotatable bonds is 3. The third-order valence-corrected chi connectivity index (χ3v) is 2.11. The van der Waals surface area contributed by atoms with Crippen LogP contribution in [0, 0.1) is 5.82 Å². The quantitative estimate of drug-likeness (QED) is 0.804. The summed E-state index contributed by atoms with van der Waals surface area (Å²) < 4.78 is 17.7. The predicted molar refractivity (Wildman–Crippen MR) is 50.7 cm³/mol. The molecule has 0 amide bonds. The van der Waals surface area contributed by atoms with Gasteiger partial charge < -0.3 is 14.9 Å². The average molecular weight is 214 g/mol. The number of phenolic OH excluding ortho intramolecular Hbond substituents is 1. The number of aliphatic carboxylic acids is 1. The van der Waals surface area contributed by atoms with Gasteiger partial charge in [0.2, 0.25) is 0 Å². The Balaban J connectivity index is 3.32. The third kappa shape index (κ3) is 2.18. The normalized spacial score (nSPS) is 12.2. The molecule has 1 aromatic carbocycles. The lowest BCUT2D eigenvalue weighted by molar-refractivity contribution is -0.138. The zero-order chi connectivity index (χ0) is 11.6. The van der Waals surface area contributed by atoms with E-state index < -0.39 is 23.5 Å². The van der Waals surface area contributed by atoms with Gasteiger partial charge in [0.15, 0.2) is 0 Å². The highest BCUT2D eigenvalue weighted by atomic mass is 19.1. The molecule has 1 unspecified atom stereocenters. The molecule has 0 bridgehead atoms. The lowest BCUT2D eigenvalue weighted by atomic mass is 9.99. The lowest BCUT2D eigenvalue weighted by Crippen LogP contribution is -2.09. The number of ether oxygens (including phenoxy) is 1. The molecular weight excluding hydrogens is 203 g/mol. The van der Waals surface area contributed by atoms with E-state index in [1.54, 1.807) is 0 Å². The van der Waals surface area contributed by atoms with Gasteiger partial charge >= 0.3 is 5.97 Å². The molecular formula is C10H11FO4. The maximum absolute atomic E-state index is 12.9. The first-order valence-electron chi connectivity index (χ1n) is 4.26. The topological polar surface area (TPSA) is 66.8 Å². The van der Waals surface area contributed by atoms with Crippen LogP contribution in [0.15, 0.2) is 12.1 Å². The summed E-state index contributed by atoms with van der Waals surface area (Å²) in [6, 6.07) is 1.89.